The summed E-state index contributed by atoms with van der Waals surface area (Å²) in [5, 5.41) is -0.276. The maximum Gasteiger partial charge on any atom is 0.310 e. The van der Waals surface area contributed by atoms with Crippen molar-refractivity contribution in [1.82, 2.24) is 4.90 Å². The minimum atomic E-state index is -0.276. The summed E-state index contributed by atoms with van der Waals surface area (Å²) in [6.45, 7) is 1.04. The third kappa shape index (κ3) is 1.91. The molecule has 1 heterocycles. The van der Waals surface area contributed by atoms with E-state index in [9.17, 15) is 9.59 Å². The van der Waals surface area contributed by atoms with Crippen molar-refractivity contribution < 1.29 is 14.3 Å². The number of likely N-dealkylation sites (tertiary alicyclic amines) is 1. The maximum absolute atomic E-state index is 11.0. The molecule has 0 spiro atoms. The number of esters is 1. The van der Waals surface area contributed by atoms with Gasteiger partial charge in [0, 0.05) is 13.1 Å². The van der Waals surface area contributed by atoms with Gasteiger partial charge in [-0.05, 0) is 6.42 Å². The maximum atomic E-state index is 11.0. The molecular weight excluding hydrogens is 178 g/mol. The van der Waals surface area contributed by atoms with Crippen LogP contribution in [0, 0.1) is 5.92 Å². The summed E-state index contributed by atoms with van der Waals surface area (Å²) < 4.78 is 4.56. The highest BCUT2D eigenvalue weighted by Crippen LogP contribution is 2.18. The molecule has 4 nitrogen and oxygen atoms in total. The second-order valence-corrected chi connectivity index (χ2v) is 3.12. The molecule has 0 unspecified atom stereocenters. The summed E-state index contributed by atoms with van der Waals surface area (Å²) in [7, 11) is 1.35. The number of nitrogens with zero attached hydrogens (tertiary/aromatic N) is 1. The minimum Gasteiger partial charge on any atom is -0.469 e. The molecule has 1 aliphatic rings. The predicted octanol–water partition coefficient (Wildman–Crippen LogP) is 0.531. The van der Waals surface area contributed by atoms with E-state index in [1.54, 1.807) is 0 Å². The molecule has 0 aromatic rings. The summed E-state index contributed by atoms with van der Waals surface area (Å²) >= 11 is 3.67. The molecule has 0 bridgehead atoms. The molecule has 5 heteroatoms. The third-order valence-corrected chi connectivity index (χ3v) is 2.28. The Bertz CT molecular complexity index is 207. The second-order valence-electron chi connectivity index (χ2n) is 2.74. The van der Waals surface area contributed by atoms with Gasteiger partial charge in [-0.2, -0.15) is 0 Å². The molecule has 68 valence electrons. The normalized spacial score (nSPS) is 22.5. The average Bonchev–Trinajstić information content (AvgIpc) is 2.51. The fourth-order valence-corrected chi connectivity index (χ4v) is 1.47. The van der Waals surface area contributed by atoms with Crippen LogP contribution in [-0.4, -0.2) is 36.3 Å². The molecule has 1 rings (SSSR count). The molecule has 0 aromatic heterocycles. The van der Waals surface area contributed by atoms with Gasteiger partial charge in [-0.1, -0.05) is 12.6 Å². The average molecular weight is 189 g/mol. The zero-order valence-corrected chi connectivity index (χ0v) is 7.71. The summed E-state index contributed by atoms with van der Waals surface area (Å²) in [6, 6.07) is 0. The highest BCUT2D eigenvalue weighted by molar-refractivity contribution is 7.96. The SMILES string of the molecule is COC(=O)[C@@H]1CCN(C(=O)S)C1. The van der Waals surface area contributed by atoms with E-state index >= 15 is 0 Å². The minimum absolute atomic E-state index is 0.161. The van der Waals surface area contributed by atoms with Crippen molar-refractivity contribution in [2.24, 2.45) is 5.92 Å². The van der Waals surface area contributed by atoms with Crippen molar-refractivity contribution in [3.8, 4) is 0 Å². The summed E-state index contributed by atoms with van der Waals surface area (Å²) in [4.78, 5) is 23.3. The Morgan fingerprint density at radius 3 is 2.67 bits per heavy atom. The van der Waals surface area contributed by atoms with Gasteiger partial charge in [-0.15, -0.1) is 0 Å². The second kappa shape index (κ2) is 3.80. The van der Waals surface area contributed by atoms with E-state index in [0.29, 0.717) is 19.5 Å². The lowest BCUT2D eigenvalue weighted by molar-refractivity contribution is -0.144. The number of ether oxygens (including phenoxy) is 1. The van der Waals surface area contributed by atoms with Gasteiger partial charge in [-0.25, -0.2) is 0 Å². The molecule has 12 heavy (non-hydrogen) atoms. The van der Waals surface area contributed by atoms with Crippen LogP contribution in [0.25, 0.3) is 0 Å². The molecule has 0 aromatic carbocycles. The smallest absolute Gasteiger partial charge is 0.310 e. The summed E-state index contributed by atoms with van der Waals surface area (Å²) in [5.74, 6) is -0.404. The Labute approximate surface area is 76.3 Å². The Balaban J connectivity index is 2.45. The van der Waals surface area contributed by atoms with E-state index in [4.69, 9.17) is 0 Å². The first kappa shape index (κ1) is 9.38. The predicted molar refractivity (Wildman–Crippen MR) is 46.1 cm³/mol. The molecular formula is C7H11NO3S. The van der Waals surface area contributed by atoms with Gasteiger partial charge in [0.05, 0.1) is 13.0 Å². The van der Waals surface area contributed by atoms with E-state index in [-0.39, 0.29) is 17.1 Å². The van der Waals surface area contributed by atoms with Crippen molar-refractivity contribution in [2.75, 3.05) is 20.2 Å². The topological polar surface area (TPSA) is 46.6 Å². The van der Waals surface area contributed by atoms with Crippen LogP contribution < -0.4 is 0 Å². The molecule has 1 atom stereocenters. The molecule has 0 N–H and O–H groups in total. The number of hydrogen-bond donors (Lipinski definition) is 1. The fraction of sp³-hybridized carbons (Fsp3) is 0.714. The van der Waals surface area contributed by atoms with Crippen molar-refractivity contribution in [3.05, 3.63) is 0 Å². The Hall–Kier alpha value is -0.710. The van der Waals surface area contributed by atoms with Crippen LogP contribution in [0.3, 0.4) is 0 Å². The van der Waals surface area contributed by atoms with Crippen molar-refractivity contribution >= 4 is 23.8 Å². The largest absolute Gasteiger partial charge is 0.469 e. The number of amides is 1. The van der Waals surface area contributed by atoms with E-state index in [1.807, 2.05) is 0 Å². The van der Waals surface area contributed by atoms with Crippen LogP contribution in [0.2, 0.25) is 0 Å². The first-order chi connectivity index (χ1) is 5.65. The van der Waals surface area contributed by atoms with Crippen LogP contribution in [0.1, 0.15) is 6.42 Å². The van der Waals surface area contributed by atoms with E-state index in [0.717, 1.165) is 0 Å². The van der Waals surface area contributed by atoms with Gasteiger partial charge < -0.3 is 9.64 Å². The molecule has 0 aliphatic carbocycles. The number of rotatable bonds is 1. The van der Waals surface area contributed by atoms with Crippen LogP contribution in [0.4, 0.5) is 4.79 Å². The Morgan fingerprint density at radius 2 is 2.25 bits per heavy atom. The number of carbonyl (C=O) groups excluding carboxylic acids is 2. The fourth-order valence-electron chi connectivity index (χ4n) is 1.29. The van der Waals surface area contributed by atoms with Crippen LogP contribution in [-0.2, 0) is 9.53 Å². The molecule has 1 saturated heterocycles. The van der Waals surface area contributed by atoms with Gasteiger partial charge >= 0.3 is 5.97 Å². The molecule has 1 fully saturated rings. The van der Waals surface area contributed by atoms with E-state index in [1.165, 1.54) is 12.0 Å². The van der Waals surface area contributed by atoms with E-state index < -0.39 is 0 Å². The molecule has 0 saturated carbocycles. The lowest BCUT2D eigenvalue weighted by Crippen LogP contribution is -2.25. The zero-order valence-electron chi connectivity index (χ0n) is 6.82. The lowest BCUT2D eigenvalue weighted by atomic mass is 10.1. The highest BCUT2D eigenvalue weighted by atomic mass is 32.1. The van der Waals surface area contributed by atoms with Crippen molar-refractivity contribution in [1.29, 1.82) is 0 Å². The number of carbonyl (C=O) groups is 2. The van der Waals surface area contributed by atoms with Gasteiger partial charge in [0.25, 0.3) is 5.24 Å². The number of thiol groups is 1. The highest BCUT2D eigenvalue weighted by Gasteiger charge is 2.30. The molecule has 1 aliphatic heterocycles. The van der Waals surface area contributed by atoms with Crippen LogP contribution in [0.5, 0.6) is 0 Å². The quantitative estimate of drug-likeness (QED) is 0.483. The number of hydrogen-bond acceptors (Lipinski definition) is 3. The standard InChI is InChI=1S/C7H11NO3S/c1-11-6(9)5-2-3-8(4-5)7(10)12/h5H,2-4H2,1H3,(H,10,12)/t5-/m1/s1. The van der Waals surface area contributed by atoms with Crippen molar-refractivity contribution in [3.63, 3.8) is 0 Å². The molecule has 1 amide bonds. The lowest BCUT2D eigenvalue weighted by Gasteiger charge is -2.11. The van der Waals surface area contributed by atoms with Crippen LogP contribution in [0.15, 0.2) is 0 Å². The third-order valence-electron chi connectivity index (χ3n) is 1.99. The summed E-state index contributed by atoms with van der Waals surface area (Å²) in [6.07, 6.45) is 0.680. The monoisotopic (exact) mass is 189 g/mol. The Kier molecular flexibility index (Phi) is 2.97. The van der Waals surface area contributed by atoms with Crippen LogP contribution >= 0.6 is 12.6 Å². The number of methoxy groups -OCH3 is 1. The first-order valence-electron chi connectivity index (χ1n) is 3.71. The van der Waals surface area contributed by atoms with Gasteiger partial charge in [0.1, 0.15) is 0 Å². The molecule has 0 radical (unpaired) electrons. The zero-order chi connectivity index (χ0) is 9.14. The summed E-state index contributed by atoms with van der Waals surface area (Å²) in [5.41, 5.74) is 0. The Morgan fingerprint density at radius 1 is 1.58 bits per heavy atom. The van der Waals surface area contributed by atoms with Gasteiger partial charge in [0.2, 0.25) is 0 Å². The van der Waals surface area contributed by atoms with E-state index in [2.05, 4.69) is 17.4 Å². The van der Waals surface area contributed by atoms with Gasteiger partial charge in [0.15, 0.2) is 0 Å². The van der Waals surface area contributed by atoms with Crippen molar-refractivity contribution in [2.45, 2.75) is 6.42 Å². The van der Waals surface area contributed by atoms with Gasteiger partial charge in [-0.3, -0.25) is 9.59 Å². The first-order valence-corrected chi connectivity index (χ1v) is 4.15.